The predicted octanol–water partition coefficient (Wildman–Crippen LogP) is 2.69. The number of carbonyl (C=O) groups is 2. The van der Waals surface area contributed by atoms with Gasteiger partial charge >= 0.3 is 6.18 Å². The van der Waals surface area contributed by atoms with Gasteiger partial charge in [0, 0.05) is 30.9 Å². The molecule has 26 heavy (non-hydrogen) atoms. The number of alkyl halides is 3. The SMILES string of the molecule is Cc1nc(CC(=O)NC2C3CCC2CN(C(=O)CCC(F)(F)F)C3)cs1. The predicted molar refractivity (Wildman–Crippen MR) is 90.6 cm³/mol. The number of carbonyl (C=O) groups excluding carboxylic acids is 2. The van der Waals surface area contributed by atoms with Crippen molar-refractivity contribution in [2.24, 2.45) is 11.8 Å². The number of likely N-dealkylation sites (tertiary alicyclic amines) is 1. The number of nitrogens with zero attached hydrogens (tertiary/aromatic N) is 2. The van der Waals surface area contributed by atoms with Crippen molar-refractivity contribution >= 4 is 23.2 Å². The number of aromatic nitrogens is 1. The van der Waals surface area contributed by atoms with Gasteiger partial charge in [-0.1, -0.05) is 0 Å². The average Bonchev–Trinajstić information content (AvgIpc) is 3.03. The van der Waals surface area contributed by atoms with Crippen LogP contribution in [0.5, 0.6) is 0 Å². The number of halogens is 3. The van der Waals surface area contributed by atoms with Gasteiger partial charge < -0.3 is 10.2 Å². The van der Waals surface area contributed by atoms with Gasteiger partial charge in [0.15, 0.2) is 0 Å². The van der Waals surface area contributed by atoms with Crippen LogP contribution in [0.2, 0.25) is 0 Å². The second-order valence-corrected chi connectivity index (χ2v) is 8.20. The summed E-state index contributed by atoms with van der Waals surface area (Å²) in [5.74, 6) is -0.301. The average molecular weight is 389 g/mol. The summed E-state index contributed by atoms with van der Waals surface area (Å²) in [6.45, 7) is 2.74. The lowest BCUT2D eigenvalue weighted by molar-refractivity contribution is -0.150. The number of nitrogens with one attached hydrogen (secondary N) is 1. The Morgan fingerprint density at radius 1 is 1.31 bits per heavy atom. The van der Waals surface area contributed by atoms with Gasteiger partial charge in [0.05, 0.1) is 23.5 Å². The Hall–Kier alpha value is -1.64. The molecule has 0 radical (unpaired) electrons. The van der Waals surface area contributed by atoms with E-state index in [1.165, 1.54) is 11.3 Å². The van der Waals surface area contributed by atoms with Crippen LogP contribution in [0.1, 0.15) is 36.4 Å². The van der Waals surface area contributed by atoms with Crippen LogP contribution < -0.4 is 5.32 Å². The lowest BCUT2D eigenvalue weighted by Crippen LogP contribution is -2.54. The highest BCUT2D eigenvalue weighted by Gasteiger charge is 2.44. The zero-order valence-electron chi connectivity index (χ0n) is 14.5. The molecular formula is C17H22F3N3O2S. The molecule has 1 saturated carbocycles. The van der Waals surface area contributed by atoms with Crippen molar-refractivity contribution in [2.75, 3.05) is 13.1 Å². The first kappa shape index (κ1) is 19.1. The van der Waals surface area contributed by atoms with Crippen LogP contribution in [0.15, 0.2) is 5.38 Å². The molecule has 9 heteroatoms. The van der Waals surface area contributed by atoms with E-state index in [1.807, 2.05) is 12.3 Å². The summed E-state index contributed by atoms with van der Waals surface area (Å²) < 4.78 is 36.9. The van der Waals surface area contributed by atoms with Crippen LogP contribution in [-0.2, 0) is 16.0 Å². The van der Waals surface area contributed by atoms with E-state index < -0.39 is 24.9 Å². The van der Waals surface area contributed by atoms with Crippen LogP contribution in [0.4, 0.5) is 13.2 Å². The number of thiazole rings is 1. The fourth-order valence-corrected chi connectivity index (χ4v) is 4.57. The molecule has 1 aromatic rings. The van der Waals surface area contributed by atoms with Crippen molar-refractivity contribution in [1.29, 1.82) is 0 Å². The van der Waals surface area contributed by atoms with Crippen molar-refractivity contribution in [3.63, 3.8) is 0 Å². The highest BCUT2D eigenvalue weighted by atomic mass is 32.1. The van der Waals surface area contributed by atoms with E-state index in [1.54, 1.807) is 4.90 Å². The lowest BCUT2D eigenvalue weighted by Gasteiger charge is -2.38. The van der Waals surface area contributed by atoms with Gasteiger partial charge in [0.25, 0.3) is 0 Å². The molecule has 1 N–H and O–H groups in total. The van der Waals surface area contributed by atoms with Crippen LogP contribution in [-0.4, -0.2) is 47.0 Å². The number of amides is 2. The fourth-order valence-electron chi connectivity index (χ4n) is 3.96. The zero-order chi connectivity index (χ0) is 18.9. The Balaban J connectivity index is 1.52. The van der Waals surface area contributed by atoms with Gasteiger partial charge in [-0.25, -0.2) is 4.98 Å². The third-order valence-corrected chi connectivity index (χ3v) is 5.97. The number of hydrogen-bond acceptors (Lipinski definition) is 4. The number of hydrogen-bond donors (Lipinski definition) is 1. The van der Waals surface area contributed by atoms with E-state index in [9.17, 15) is 22.8 Å². The van der Waals surface area contributed by atoms with Crippen LogP contribution >= 0.6 is 11.3 Å². The molecule has 2 amide bonds. The topological polar surface area (TPSA) is 62.3 Å². The van der Waals surface area contributed by atoms with Crippen LogP contribution in [0.3, 0.4) is 0 Å². The van der Waals surface area contributed by atoms with E-state index in [0.717, 1.165) is 23.5 Å². The van der Waals surface area contributed by atoms with Crippen molar-refractivity contribution in [2.45, 2.75) is 51.2 Å². The maximum absolute atomic E-state index is 12.3. The summed E-state index contributed by atoms with van der Waals surface area (Å²) in [5, 5.41) is 5.84. The summed E-state index contributed by atoms with van der Waals surface area (Å²) in [6.07, 6.45) is -3.89. The van der Waals surface area contributed by atoms with Gasteiger partial charge in [0.1, 0.15) is 0 Å². The summed E-state index contributed by atoms with van der Waals surface area (Å²) in [7, 11) is 0. The Morgan fingerprint density at radius 3 is 2.50 bits per heavy atom. The number of aryl methyl sites for hydroxylation is 1. The van der Waals surface area contributed by atoms with E-state index in [4.69, 9.17) is 0 Å². The molecule has 1 saturated heterocycles. The molecule has 2 unspecified atom stereocenters. The van der Waals surface area contributed by atoms with Gasteiger partial charge in [-0.05, 0) is 31.6 Å². The molecule has 1 aliphatic carbocycles. The molecule has 0 spiro atoms. The van der Waals surface area contributed by atoms with E-state index >= 15 is 0 Å². The lowest BCUT2D eigenvalue weighted by atomic mass is 9.91. The Bertz CT molecular complexity index is 662. The number of piperidine rings is 1. The van der Waals surface area contributed by atoms with Crippen molar-refractivity contribution in [1.82, 2.24) is 15.2 Å². The third-order valence-electron chi connectivity index (χ3n) is 5.14. The second-order valence-electron chi connectivity index (χ2n) is 7.14. The van der Waals surface area contributed by atoms with Crippen LogP contribution in [0.25, 0.3) is 0 Å². The Kier molecular flexibility index (Phi) is 5.55. The molecule has 0 aromatic carbocycles. The Morgan fingerprint density at radius 2 is 1.96 bits per heavy atom. The summed E-state index contributed by atoms with van der Waals surface area (Å²) >= 11 is 1.50. The largest absolute Gasteiger partial charge is 0.389 e. The van der Waals surface area contributed by atoms with Crippen molar-refractivity contribution in [3.05, 3.63) is 16.1 Å². The molecule has 2 fully saturated rings. The smallest absolute Gasteiger partial charge is 0.352 e. The van der Waals surface area contributed by atoms with Gasteiger partial charge in [-0.3, -0.25) is 9.59 Å². The molecular weight excluding hydrogens is 367 g/mol. The van der Waals surface area contributed by atoms with E-state index in [0.29, 0.717) is 13.1 Å². The monoisotopic (exact) mass is 389 g/mol. The van der Waals surface area contributed by atoms with Crippen LogP contribution in [0, 0.1) is 18.8 Å². The highest BCUT2D eigenvalue weighted by molar-refractivity contribution is 7.09. The molecule has 1 aromatic heterocycles. The zero-order valence-corrected chi connectivity index (χ0v) is 15.3. The second kappa shape index (κ2) is 7.54. The fraction of sp³-hybridized carbons (Fsp3) is 0.706. The quantitative estimate of drug-likeness (QED) is 0.842. The molecule has 5 nitrogen and oxygen atoms in total. The molecule has 2 bridgehead atoms. The normalized spacial score (nSPS) is 25.4. The van der Waals surface area contributed by atoms with E-state index in [-0.39, 0.29) is 30.2 Å². The molecule has 2 atom stereocenters. The standard InChI is InChI=1S/C17H22F3N3O2S/c1-10-21-13(9-26-10)6-14(24)22-16-11-2-3-12(16)8-23(7-11)15(25)4-5-17(18,19)20/h9,11-12,16H,2-8H2,1H3,(H,22,24). The molecule has 144 valence electrons. The molecule has 2 aliphatic rings. The maximum Gasteiger partial charge on any atom is 0.389 e. The van der Waals surface area contributed by atoms with Gasteiger partial charge in [-0.2, -0.15) is 13.2 Å². The van der Waals surface area contributed by atoms with Crippen molar-refractivity contribution in [3.8, 4) is 0 Å². The first-order valence-electron chi connectivity index (χ1n) is 8.76. The minimum absolute atomic E-state index is 0.00565. The Labute approximate surface area is 154 Å². The van der Waals surface area contributed by atoms with Gasteiger partial charge in [0.2, 0.25) is 11.8 Å². The third kappa shape index (κ3) is 4.75. The molecule has 2 heterocycles. The molecule has 1 aliphatic heterocycles. The number of rotatable bonds is 5. The first-order valence-corrected chi connectivity index (χ1v) is 9.64. The number of fused-ring (bicyclic) bond motifs is 2. The summed E-state index contributed by atoms with van der Waals surface area (Å²) in [5.41, 5.74) is 0.747. The first-order chi connectivity index (χ1) is 12.2. The minimum Gasteiger partial charge on any atom is -0.352 e. The van der Waals surface area contributed by atoms with Gasteiger partial charge in [-0.15, -0.1) is 11.3 Å². The van der Waals surface area contributed by atoms with E-state index in [2.05, 4.69) is 10.3 Å². The molecule has 3 rings (SSSR count). The summed E-state index contributed by atoms with van der Waals surface area (Å²) in [6, 6.07) is -0.00565. The maximum atomic E-state index is 12.3. The highest BCUT2D eigenvalue weighted by Crippen LogP contribution is 2.37. The minimum atomic E-state index is -4.31. The summed E-state index contributed by atoms with van der Waals surface area (Å²) in [4.78, 5) is 30.2. The van der Waals surface area contributed by atoms with Crippen molar-refractivity contribution < 1.29 is 22.8 Å².